The van der Waals surface area contributed by atoms with Gasteiger partial charge in [-0.1, -0.05) is 25.4 Å². The summed E-state index contributed by atoms with van der Waals surface area (Å²) in [7, 11) is 0. The fourth-order valence-electron chi connectivity index (χ4n) is 1.36. The number of rotatable bonds is 7. The molecular formula is C12H19ClN2O. The molecule has 0 aliphatic heterocycles. The first kappa shape index (κ1) is 13.3. The van der Waals surface area contributed by atoms with Gasteiger partial charge in [0, 0.05) is 18.8 Å². The van der Waals surface area contributed by atoms with Crippen LogP contribution in [0.25, 0.3) is 0 Å². The van der Waals surface area contributed by atoms with Crippen molar-refractivity contribution in [1.29, 1.82) is 0 Å². The van der Waals surface area contributed by atoms with Crippen molar-refractivity contribution in [3.8, 4) is 5.75 Å². The van der Waals surface area contributed by atoms with Gasteiger partial charge < -0.3 is 10.1 Å². The van der Waals surface area contributed by atoms with Crippen LogP contribution in [-0.2, 0) is 0 Å². The van der Waals surface area contributed by atoms with Gasteiger partial charge in [-0.15, -0.1) is 0 Å². The molecule has 0 amide bonds. The van der Waals surface area contributed by atoms with Crippen LogP contribution in [0.3, 0.4) is 0 Å². The maximum absolute atomic E-state index is 5.84. The third kappa shape index (κ3) is 4.81. The number of ether oxygens (including phenoxy) is 1. The molecule has 0 fully saturated rings. The molecule has 16 heavy (non-hydrogen) atoms. The fraction of sp³-hybridized carbons (Fsp3) is 0.583. The van der Waals surface area contributed by atoms with E-state index >= 15 is 0 Å². The Balaban J connectivity index is 2.43. The van der Waals surface area contributed by atoms with Gasteiger partial charge in [0.25, 0.3) is 0 Å². The molecule has 3 nitrogen and oxygen atoms in total. The smallest absolute Gasteiger partial charge is 0.139 e. The molecule has 1 aromatic rings. The van der Waals surface area contributed by atoms with E-state index < -0.39 is 0 Å². The average molecular weight is 243 g/mol. The van der Waals surface area contributed by atoms with Crippen molar-refractivity contribution in [2.45, 2.75) is 32.8 Å². The Morgan fingerprint density at radius 2 is 2.25 bits per heavy atom. The second kappa shape index (κ2) is 7.47. The lowest BCUT2D eigenvalue weighted by Crippen LogP contribution is -2.31. The van der Waals surface area contributed by atoms with Crippen molar-refractivity contribution in [3.05, 3.63) is 23.5 Å². The zero-order valence-corrected chi connectivity index (χ0v) is 10.6. The number of halogens is 1. The Kier molecular flexibility index (Phi) is 6.19. The van der Waals surface area contributed by atoms with E-state index in [2.05, 4.69) is 24.1 Å². The molecule has 0 radical (unpaired) electrons. The minimum absolute atomic E-state index is 0.173. The zero-order valence-electron chi connectivity index (χ0n) is 9.87. The highest BCUT2D eigenvalue weighted by Gasteiger charge is 2.07. The van der Waals surface area contributed by atoms with Crippen molar-refractivity contribution >= 4 is 11.6 Å². The molecule has 0 aliphatic carbocycles. The Morgan fingerprint density at radius 1 is 1.44 bits per heavy atom. The summed E-state index contributed by atoms with van der Waals surface area (Å²) in [4.78, 5) is 3.99. The monoisotopic (exact) mass is 242 g/mol. The number of nitrogens with zero attached hydrogens (tertiary/aromatic N) is 1. The van der Waals surface area contributed by atoms with Gasteiger partial charge in [-0.05, 0) is 19.4 Å². The summed E-state index contributed by atoms with van der Waals surface area (Å²) in [5.41, 5.74) is 0. The lowest BCUT2D eigenvalue weighted by Gasteiger charge is -2.17. The van der Waals surface area contributed by atoms with Crippen LogP contribution in [0.15, 0.2) is 18.5 Å². The lowest BCUT2D eigenvalue weighted by molar-refractivity contribution is 0.193. The third-order valence-corrected chi connectivity index (χ3v) is 2.44. The van der Waals surface area contributed by atoms with Crippen molar-refractivity contribution in [2.24, 2.45) is 0 Å². The molecule has 0 aromatic carbocycles. The summed E-state index contributed by atoms with van der Waals surface area (Å²) in [6, 6.07) is 1.79. The van der Waals surface area contributed by atoms with Gasteiger partial charge in [-0.25, -0.2) is 0 Å². The third-order valence-electron chi connectivity index (χ3n) is 2.24. The minimum atomic E-state index is 0.173. The van der Waals surface area contributed by atoms with Crippen LogP contribution in [0.4, 0.5) is 0 Å². The van der Waals surface area contributed by atoms with Crippen molar-refractivity contribution in [3.63, 3.8) is 0 Å². The molecule has 0 saturated carbocycles. The second-order valence-corrected chi connectivity index (χ2v) is 4.13. The van der Waals surface area contributed by atoms with E-state index in [1.807, 2.05) is 0 Å². The highest BCUT2D eigenvalue weighted by Crippen LogP contribution is 2.17. The molecule has 1 N–H and O–H groups in total. The van der Waals surface area contributed by atoms with Gasteiger partial charge in [0.1, 0.15) is 11.9 Å². The van der Waals surface area contributed by atoms with E-state index in [1.165, 1.54) is 0 Å². The van der Waals surface area contributed by atoms with Crippen molar-refractivity contribution < 1.29 is 4.74 Å². The topological polar surface area (TPSA) is 34.1 Å². The van der Waals surface area contributed by atoms with E-state index in [-0.39, 0.29) is 6.10 Å². The van der Waals surface area contributed by atoms with Gasteiger partial charge in [0.2, 0.25) is 0 Å². The summed E-state index contributed by atoms with van der Waals surface area (Å²) in [5, 5.41) is 3.95. The van der Waals surface area contributed by atoms with Crippen LogP contribution in [0.1, 0.15) is 26.7 Å². The summed E-state index contributed by atoms with van der Waals surface area (Å²) in [6.07, 6.45) is 5.56. The molecule has 1 atom stereocenters. The largest absolute Gasteiger partial charge is 0.487 e. The van der Waals surface area contributed by atoms with Gasteiger partial charge in [0.05, 0.1) is 11.2 Å². The Bertz CT molecular complexity index is 307. The summed E-state index contributed by atoms with van der Waals surface area (Å²) in [5.74, 6) is 0.734. The zero-order chi connectivity index (χ0) is 11.8. The summed E-state index contributed by atoms with van der Waals surface area (Å²) < 4.78 is 5.78. The van der Waals surface area contributed by atoms with Crippen LogP contribution in [0.5, 0.6) is 5.75 Å². The standard InChI is InChI=1S/C12H19ClN2O/c1-3-5-14-8-11(4-2)16-12-6-10(13)7-15-9-12/h6-7,9,11,14H,3-5,8H2,1-2H3. The molecule has 1 unspecified atom stereocenters. The SMILES string of the molecule is CCCNCC(CC)Oc1cncc(Cl)c1. The first-order chi connectivity index (χ1) is 7.76. The average Bonchev–Trinajstić information content (AvgIpc) is 2.28. The quantitative estimate of drug-likeness (QED) is 0.747. The highest BCUT2D eigenvalue weighted by molar-refractivity contribution is 6.30. The van der Waals surface area contributed by atoms with Crippen LogP contribution < -0.4 is 10.1 Å². The van der Waals surface area contributed by atoms with E-state index in [1.54, 1.807) is 18.5 Å². The van der Waals surface area contributed by atoms with Gasteiger partial charge in [-0.2, -0.15) is 0 Å². The molecular weight excluding hydrogens is 224 g/mol. The number of nitrogens with one attached hydrogen (secondary N) is 1. The van der Waals surface area contributed by atoms with E-state index in [9.17, 15) is 0 Å². The molecule has 1 aromatic heterocycles. The molecule has 0 saturated heterocycles. The van der Waals surface area contributed by atoms with E-state index in [0.29, 0.717) is 5.02 Å². The highest BCUT2D eigenvalue weighted by atomic mass is 35.5. The minimum Gasteiger partial charge on any atom is -0.487 e. The molecule has 1 rings (SSSR count). The summed E-state index contributed by atoms with van der Waals surface area (Å²) >= 11 is 5.84. The predicted octanol–water partition coefficient (Wildman–Crippen LogP) is 2.89. The second-order valence-electron chi connectivity index (χ2n) is 3.69. The normalized spacial score (nSPS) is 12.4. The van der Waals surface area contributed by atoms with Gasteiger partial charge in [-0.3, -0.25) is 4.98 Å². The molecule has 90 valence electrons. The van der Waals surface area contributed by atoms with Crippen LogP contribution in [0, 0.1) is 0 Å². The fourth-order valence-corrected chi connectivity index (χ4v) is 1.52. The van der Waals surface area contributed by atoms with Gasteiger partial charge >= 0.3 is 0 Å². The van der Waals surface area contributed by atoms with Crippen molar-refractivity contribution in [2.75, 3.05) is 13.1 Å². The lowest BCUT2D eigenvalue weighted by atomic mass is 10.2. The van der Waals surface area contributed by atoms with Crippen LogP contribution in [-0.4, -0.2) is 24.2 Å². The Hall–Kier alpha value is -0.800. The van der Waals surface area contributed by atoms with Crippen LogP contribution >= 0.6 is 11.6 Å². The van der Waals surface area contributed by atoms with Crippen LogP contribution in [0.2, 0.25) is 5.02 Å². The first-order valence-corrected chi connectivity index (χ1v) is 6.12. The number of hydrogen-bond acceptors (Lipinski definition) is 3. The molecule has 0 bridgehead atoms. The number of hydrogen-bond donors (Lipinski definition) is 1. The van der Waals surface area contributed by atoms with Gasteiger partial charge in [0.15, 0.2) is 0 Å². The molecule has 0 aliphatic rings. The van der Waals surface area contributed by atoms with E-state index in [4.69, 9.17) is 16.3 Å². The van der Waals surface area contributed by atoms with E-state index in [0.717, 1.165) is 31.7 Å². The Labute approximate surface area is 102 Å². The number of aromatic nitrogens is 1. The molecule has 0 spiro atoms. The molecule has 4 heteroatoms. The predicted molar refractivity (Wildman–Crippen MR) is 67.1 cm³/mol. The number of pyridine rings is 1. The van der Waals surface area contributed by atoms with Crippen molar-refractivity contribution in [1.82, 2.24) is 10.3 Å². The maximum Gasteiger partial charge on any atom is 0.139 e. The Morgan fingerprint density at radius 3 is 2.88 bits per heavy atom. The summed E-state index contributed by atoms with van der Waals surface area (Å²) in [6.45, 7) is 6.14. The molecule has 1 heterocycles. The first-order valence-electron chi connectivity index (χ1n) is 5.74. The maximum atomic E-state index is 5.84.